The zero-order valence-corrected chi connectivity index (χ0v) is 21.2. The van der Waals surface area contributed by atoms with Crippen molar-refractivity contribution in [1.82, 2.24) is 0 Å². The van der Waals surface area contributed by atoms with Gasteiger partial charge >= 0.3 is 0 Å². The third-order valence-corrected chi connectivity index (χ3v) is 8.12. The van der Waals surface area contributed by atoms with Gasteiger partial charge in [-0.15, -0.1) is 0 Å². The molecular formula is C26H33N2O5S+. The van der Waals surface area contributed by atoms with E-state index in [2.05, 4.69) is 4.40 Å². The molecule has 0 amide bonds. The van der Waals surface area contributed by atoms with Crippen molar-refractivity contribution < 1.29 is 28.3 Å². The summed E-state index contributed by atoms with van der Waals surface area (Å²) >= 11 is 0. The van der Waals surface area contributed by atoms with Gasteiger partial charge in [0.2, 0.25) is 0 Å². The van der Waals surface area contributed by atoms with Crippen LogP contribution in [0.3, 0.4) is 0 Å². The van der Waals surface area contributed by atoms with E-state index in [-0.39, 0.29) is 22.6 Å². The van der Waals surface area contributed by atoms with Crippen LogP contribution in [0.1, 0.15) is 48.6 Å². The number of allylic oxidation sites excluding steroid dienone is 1. The van der Waals surface area contributed by atoms with Crippen molar-refractivity contribution in [2.45, 2.75) is 50.7 Å². The SMILES string of the molecule is Cc1cc(C(C)(C)C)cc(S(=O)(=O)N=C2C=C3[NH+](CCO)CCO[C@]3(O)c3ccccc32)c1C. The summed E-state index contributed by atoms with van der Waals surface area (Å²) < 4.78 is 37.4. The highest BCUT2D eigenvalue weighted by Crippen LogP contribution is 2.37. The average Bonchev–Trinajstić information content (AvgIpc) is 2.76. The molecule has 1 fully saturated rings. The highest BCUT2D eigenvalue weighted by molar-refractivity contribution is 7.90. The van der Waals surface area contributed by atoms with E-state index >= 15 is 0 Å². The van der Waals surface area contributed by atoms with E-state index in [1.54, 1.807) is 43.3 Å². The number of aryl methyl sites for hydroxylation is 1. The molecule has 0 bridgehead atoms. The third kappa shape index (κ3) is 4.25. The van der Waals surface area contributed by atoms with E-state index in [1.807, 2.05) is 33.8 Å². The molecule has 0 radical (unpaired) electrons. The Bertz CT molecular complexity index is 1290. The van der Waals surface area contributed by atoms with Crippen molar-refractivity contribution in [1.29, 1.82) is 0 Å². The smallest absolute Gasteiger partial charge is 0.283 e. The van der Waals surface area contributed by atoms with Crippen molar-refractivity contribution >= 4 is 15.7 Å². The summed E-state index contributed by atoms with van der Waals surface area (Å²) in [5.74, 6) is -1.69. The number of aliphatic hydroxyl groups excluding tert-OH is 1. The molecule has 2 aromatic carbocycles. The van der Waals surface area contributed by atoms with Gasteiger partial charge in [-0.1, -0.05) is 51.1 Å². The number of aliphatic hydroxyl groups is 2. The van der Waals surface area contributed by atoms with E-state index in [0.29, 0.717) is 42.1 Å². The highest BCUT2D eigenvalue weighted by atomic mass is 32.2. The summed E-state index contributed by atoms with van der Waals surface area (Å²) in [5.41, 5.74) is 3.91. The summed E-state index contributed by atoms with van der Waals surface area (Å²) in [5, 5.41) is 21.0. The summed E-state index contributed by atoms with van der Waals surface area (Å²) in [6.45, 7) is 11.0. The highest BCUT2D eigenvalue weighted by Gasteiger charge is 2.49. The van der Waals surface area contributed by atoms with Gasteiger partial charge in [0.15, 0.2) is 5.70 Å². The van der Waals surface area contributed by atoms with Gasteiger partial charge in [-0.05, 0) is 42.0 Å². The van der Waals surface area contributed by atoms with Gasteiger partial charge in [0.05, 0.1) is 17.2 Å². The fourth-order valence-corrected chi connectivity index (χ4v) is 5.92. The Hall–Kier alpha value is -2.36. The van der Waals surface area contributed by atoms with E-state index in [0.717, 1.165) is 16.0 Å². The second-order valence-electron chi connectivity index (χ2n) is 10.0. The number of sulfonamides is 1. The fraction of sp³-hybridized carbons (Fsp3) is 0.423. The van der Waals surface area contributed by atoms with Gasteiger partial charge in [0.25, 0.3) is 15.8 Å². The number of quaternary nitrogens is 1. The minimum absolute atomic E-state index is 0.0761. The minimum Gasteiger partial charge on any atom is -0.391 e. The fourth-order valence-electron chi connectivity index (χ4n) is 4.59. The lowest BCUT2D eigenvalue weighted by Crippen LogP contribution is -3.14. The molecule has 0 saturated carbocycles. The van der Waals surface area contributed by atoms with Crippen LogP contribution in [0, 0.1) is 13.8 Å². The third-order valence-electron chi connectivity index (χ3n) is 6.71. The first-order valence-electron chi connectivity index (χ1n) is 11.5. The van der Waals surface area contributed by atoms with Crippen LogP contribution in [0.4, 0.5) is 0 Å². The first-order chi connectivity index (χ1) is 15.9. The van der Waals surface area contributed by atoms with Gasteiger partial charge in [-0.2, -0.15) is 12.8 Å². The first kappa shape index (κ1) is 24.8. The Morgan fingerprint density at radius 1 is 1.18 bits per heavy atom. The van der Waals surface area contributed by atoms with Crippen LogP contribution >= 0.6 is 0 Å². The van der Waals surface area contributed by atoms with Crippen molar-refractivity contribution in [3.63, 3.8) is 0 Å². The van der Waals surface area contributed by atoms with Crippen molar-refractivity contribution in [3.8, 4) is 0 Å². The molecule has 182 valence electrons. The second-order valence-corrected chi connectivity index (χ2v) is 11.6. The minimum atomic E-state index is -4.06. The molecule has 1 saturated heterocycles. The molecule has 3 N–H and O–H groups in total. The summed E-state index contributed by atoms with van der Waals surface area (Å²) in [4.78, 5) is 1.01. The number of nitrogens with zero attached hydrogens (tertiary/aromatic N) is 1. The normalized spacial score (nSPS) is 23.9. The Balaban J connectivity index is 1.92. The maximum atomic E-state index is 13.7. The van der Waals surface area contributed by atoms with Crippen molar-refractivity contribution in [2.24, 2.45) is 4.40 Å². The molecule has 1 unspecified atom stereocenters. The largest absolute Gasteiger partial charge is 0.391 e. The van der Waals surface area contributed by atoms with Crippen LogP contribution < -0.4 is 4.90 Å². The summed E-state index contributed by atoms with van der Waals surface area (Å²) in [7, 11) is -4.06. The van der Waals surface area contributed by atoms with Crippen LogP contribution in [0.2, 0.25) is 0 Å². The van der Waals surface area contributed by atoms with Crippen LogP contribution in [-0.4, -0.2) is 50.6 Å². The molecular weight excluding hydrogens is 452 g/mol. The molecule has 8 heteroatoms. The van der Waals surface area contributed by atoms with E-state index in [1.165, 1.54) is 0 Å². The number of nitrogens with one attached hydrogen (secondary N) is 1. The van der Waals surface area contributed by atoms with Crippen LogP contribution in [0.5, 0.6) is 0 Å². The molecule has 1 heterocycles. The number of hydrogen-bond donors (Lipinski definition) is 3. The molecule has 0 aromatic heterocycles. The number of fused-ring (bicyclic) bond motifs is 3. The van der Waals surface area contributed by atoms with Crippen LogP contribution in [-0.2, 0) is 26.0 Å². The Morgan fingerprint density at radius 3 is 2.56 bits per heavy atom. The predicted molar refractivity (Wildman–Crippen MR) is 130 cm³/mol. The molecule has 2 aromatic rings. The Kier molecular flexibility index (Phi) is 6.33. The lowest BCUT2D eigenvalue weighted by Gasteiger charge is -2.41. The average molecular weight is 486 g/mol. The van der Waals surface area contributed by atoms with Gasteiger partial charge in [0, 0.05) is 17.2 Å². The Morgan fingerprint density at radius 2 is 1.88 bits per heavy atom. The van der Waals surface area contributed by atoms with E-state index in [9.17, 15) is 18.6 Å². The van der Waals surface area contributed by atoms with Gasteiger partial charge < -0.3 is 14.9 Å². The molecule has 1 aliphatic carbocycles. The first-order valence-corrected chi connectivity index (χ1v) is 12.9. The van der Waals surface area contributed by atoms with Crippen molar-refractivity contribution in [3.05, 3.63) is 76.0 Å². The molecule has 1 aliphatic heterocycles. The van der Waals surface area contributed by atoms with Crippen molar-refractivity contribution in [2.75, 3.05) is 26.3 Å². The van der Waals surface area contributed by atoms with Gasteiger partial charge in [-0.25, -0.2) is 0 Å². The number of hydrogen-bond acceptors (Lipinski definition) is 5. The Labute approximate surface area is 201 Å². The number of ether oxygens (including phenoxy) is 1. The van der Waals surface area contributed by atoms with E-state index in [4.69, 9.17) is 4.74 Å². The molecule has 34 heavy (non-hydrogen) atoms. The number of benzene rings is 2. The molecule has 2 atom stereocenters. The van der Waals surface area contributed by atoms with Crippen LogP contribution in [0.15, 0.2) is 57.5 Å². The number of morpholine rings is 1. The van der Waals surface area contributed by atoms with E-state index < -0.39 is 15.8 Å². The zero-order valence-electron chi connectivity index (χ0n) is 20.3. The quantitative estimate of drug-likeness (QED) is 0.613. The summed E-state index contributed by atoms with van der Waals surface area (Å²) in [6, 6.07) is 10.8. The number of rotatable bonds is 4. The zero-order chi connectivity index (χ0) is 24.9. The lowest BCUT2D eigenvalue weighted by atomic mass is 9.85. The second kappa shape index (κ2) is 8.70. The lowest BCUT2D eigenvalue weighted by molar-refractivity contribution is -0.882. The maximum Gasteiger partial charge on any atom is 0.283 e. The van der Waals surface area contributed by atoms with Gasteiger partial charge in [0.1, 0.15) is 19.7 Å². The monoisotopic (exact) mass is 485 g/mol. The molecule has 7 nitrogen and oxygen atoms in total. The molecule has 2 aliphatic rings. The molecule has 0 spiro atoms. The van der Waals surface area contributed by atoms with Crippen LogP contribution in [0.25, 0.3) is 0 Å². The van der Waals surface area contributed by atoms with Gasteiger partial charge in [-0.3, -0.25) is 4.90 Å². The topological polar surface area (TPSA) is 101 Å². The standard InChI is InChI=1S/C26H32N2O5S/c1-17-14-19(25(3,4)5)15-23(18(17)2)34(31,32)27-22-16-24-26(30,21-9-7-6-8-20(21)22)33-13-11-28(24)10-12-29/h6-9,14-16,29-30H,10-13H2,1-5H3/p+1/t26-/m1/s1. The molecule has 4 rings (SSSR count). The maximum absolute atomic E-state index is 13.7. The summed E-state index contributed by atoms with van der Waals surface area (Å²) in [6.07, 6.45) is 1.60. The predicted octanol–water partition coefficient (Wildman–Crippen LogP) is 1.73.